The summed E-state index contributed by atoms with van der Waals surface area (Å²) in [6.45, 7) is 1.40. The van der Waals surface area contributed by atoms with E-state index in [0.29, 0.717) is 18.1 Å². The van der Waals surface area contributed by atoms with Gasteiger partial charge in [0, 0.05) is 28.7 Å². The average molecular weight is 418 g/mol. The van der Waals surface area contributed by atoms with Gasteiger partial charge in [0.15, 0.2) is 11.5 Å². The molecule has 1 aliphatic heterocycles. The molecular formula is C25H26N2O4. The molecule has 2 aromatic carbocycles. The Bertz CT molecular complexity index is 1210. The molecule has 31 heavy (non-hydrogen) atoms. The molecule has 0 amide bonds. The molecule has 5 rings (SSSR count). The number of furan rings is 1. The molecule has 0 spiro atoms. The highest BCUT2D eigenvalue weighted by molar-refractivity contribution is 5.85. The topological polar surface area (TPSA) is 70.9 Å². The van der Waals surface area contributed by atoms with E-state index in [2.05, 4.69) is 40.2 Å². The predicted molar refractivity (Wildman–Crippen MR) is 118 cm³/mol. The van der Waals surface area contributed by atoms with Crippen LogP contribution in [0, 0.1) is 0 Å². The standard InChI is InChI=1S/C25H26N2O4/c1-29-22-9-5-7-20(25(22)30-2)24-23-19(18-6-3-4-8-21(18)26-23)12-13-27(24)14-16-10-11-17(15-28)31-16/h3-11,24,26,28H,12-15H2,1-2H3/t24-/m0/s1. The minimum Gasteiger partial charge on any atom is -0.493 e. The van der Waals surface area contributed by atoms with Gasteiger partial charge < -0.3 is 24.0 Å². The minimum absolute atomic E-state index is 0.0520. The first kappa shape index (κ1) is 19.7. The van der Waals surface area contributed by atoms with E-state index >= 15 is 0 Å². The van der Waals surface area contributed by atoms with Crippen LogP contribution in [0.4, 0.5) is 0 Å². The van der Waals surface area contributed by atoms with Crippen LogP contribution in [0.1, 0.15) is 34.4 Å². The molecule has 6 nitrogen and oxygen atoms in total. The molecule has 0 fully saturated rings. The van der Waals surface area contributed by atoms with Crippen molar-refractivity contribution in [1.82, 2.24) is 9.88 Å². The number of methoxy groups -OCH3 is 2. The Labute approximate surface area is 181 Å². The third-order valence-electron chi connectivity index (χ3n) is 6.09. The van der Waals surface area contributed by atoms with Crippen LogP contribution < -0.4 is 9.47 Å². The Hall–Kier alpha value is -3.22. The highest BCUT2D eigenvalue weighted by Crippen LogP contribution is 2.44. The fraction of sp³-hybridized carbons (Fsp3) is 0.280. The maximum absolute atomic E-state index is 9.38. The number of aromatic nitrogens is 1. The van der Waals surface area contributed by atoms with Crippen molar-refractivity contribution in [2.24, 2.45) is 0 Å². The number of aliphatic hydroxyl groups is 1. The number of nitrogens with one attached hydrogen (secondary N) is 1. The van der Waals surface area contributed by atoms with Gasteiger partial charge in [0.25, 0.3) is 0 Å². The number of aliphatic hydroxyl groups excluding tert-OH is 1. The normalized spacial score (nSPS) is 16.4. The van der Waals surface area contributed by atoms with Gasteiger partial charge in [-0.05, 0) is 36.2 Å². The molecule has 0 radical (unpaired) electrons. The Morgan fingerprint density at radius 2 is 1.87 bits per heavy atom. The number of hydrogen-bond acceptors (Lipinski definition) is 5. The summed E-state index contributed by atoms with van der Waals surface area (Å²) in [4.78, 5) is 6.06. The molecule has 0 bridgehead atoms. The first-order chi connectivity index (χ1) is 15.2. The van der Waals surface area contributed by atoms with E-state index in [4.69, 9.17) is 13.9 Å². The van der Waals surface area contributed by atoms with Gasteiger partial charge in [0.05, 0.1) is 26.8 Å². The van der Waals surface area contributed by atoms with Gasteiger partial charge in [-0.2, -0.15) is 0 Å². The van der Waals surface area contributed by atoms with Gasteiger partial charge in [-0.15, -0.1) is 0 Å². The summed E-state index contributed by atoms with van der Waals surface area (Å²) in [6, 6.07) is 18.2. The summed E-state index contributed by atoms with van der Waals surface area (Å²) < 4.78 is 17.2. The molecule has 0 saturated carbocycles. The fourth-order valence-electron chi connectivity index (χ4n) is 4.73. The fourth-order valence-corrected chi connectivity index (χ4v) is 4.73. The second-order valence-corrected chi connectivity index (χ2v) is 7.79. The molecule has 0 unspecified atom stereocenters. The molecule has 160 valence electrons. The summed E-state index contributed by atoms with van der Waals surface area (Å²) in [6.07, 6.45) is 0.940. The second kappa shape index (κ2) is 8.13. The van der Waals surface area contributed by atoms with E-state index in [1.807, 2.05) is 24.3 Å². The Kier molecular flexibility index (Phi) is 5.18. The molecule has 3 heterocycles. The summed E-state index contributed by atoms with van der Waals surface area (Å²) in [7, 11) is 3.34. The van der Waals surface area contributed by atoms with Crippen molar-refractivity contribution < 1.29 is 19.0 Å². The summed E-state index contributed by atoms with van der Waals surface area (Å²) in [5.41, 5.74) is 4.70. The van der Waals surface area contributed by atoms with Crippen molar-refractivity contribution in [1.29, 1.82) is 0 Å². The molecule has 2 aromatic heterocycles. The maximum Gasteiger partial charge on any atom is 0.165 e. The summed E-state index contributed by atoms with van der Waals surface area (Å²) >= 11 is 0. The lowest BCUT2D eigenvalue weighted by atomic mass is 9.91. The number of H-pyrrole nitrogens is 1. The van der Waals surface area contributed by atoms with Gasteiger partial charge in [-0.25, -0.2) is 0 Å². The molecule has 0 saturated heterocycles. The molecule has 4 aromatic rings. The number of fused-ring (bicyclic) bond motifs is 3. The van der Waals surface area contributed by atoms with Crippen molar-refractivity contribution in [2.75, 3.05) is 20.8 Å². The first-order valence-corrected chi connectivity index (χ1v) is 10.5. The van der Waals surface area contributed by atoms with Crippen LogP contribution in [0.25, 0.3) is 10.9 Å². The van der Waals surface area contributed by atoms with Gasteiger partial charge in [0.2, 0.25) is 0 Å². The van der Waals surface area contributed by atoms with E-state index in [0.717, 1.165) is 35.6 Å². The largest absolute Gasteiger partial charge is 0.493 e. The van der Waals surface area contributed by atoms with Gasteiger partial charge in [0.1, 0.15) is 18.1 Å². The van der Waals surface area contributed by atoms with Crippen LogP contribution >= 0.6 is 0 Å². The maximum atomic E-state index is 9.38. The number of nitrogens with zero attached hydrogens (tertiary/aromatic N) is 1. The Morgan fingerprint density at radius 3 is 2.65 bits per heavy atom. The monoisotopic (exact) mass is 418 g/mol. The number of para-hydroxylation sites is 2. The number of benzene rings is 2. The van der Waals surface area contributed by atoms with Crippen LogP contribution in [0.5, 0.6) is 11.5 Å². The molecule has 1 aliphatic rings. The van der Waals surface area contributed by atoms with Crippen LogP contribution in [0.2, 0.25) is 0 Å². The molecule has 2 N–H and O–H groups in total. The quantitative estimate of drug-likeness (QED) is 0.485. The highest BCUT2D eigenvalue weighted by Gasteiger charge is 2.34. The van der Waals surface area contributed by atoms with Gasteiger partial charge in [-0.3, -0.25) is 4.90 Å². The lowest BCUT2D eigenvalue weighted by Gasteiger charge is -2.36. The van der Waals surface area contributed by atoms with E-state index in [1.54, 1.807) is 14.2 Å². The number of aromatic amines is 1. The van der Waals surface area contributed by atoms with Crippen molar-refractivity contribution in [2.45, 2.75) is 25.6 Å². The molecule has 1 atom stereocenters. The van der Waals surface area contributed by atoms with Crippen LogP contribution in [-0.4, -0.2) is 35.8 Å². The number of ether oxygens (including phenoxy) is 2. The summed E-state index contributed by atoms with van der Waals surface area (Å²) in [5.74, 6) is 2.86. The lowest BCUT2D eigenvalue weighted by molar-refractivity contribution is 0.176. The van der Waals surface area contributed by atoms with Crippen molar-refractivity contribution >= 4 is 10.9 Å². The van der Waals surface area contributed by atoms with Gasteiger partial charge >= 0.3 is 0 Å². The Morgan fingerprint density at radius 1 is 1.03 bits per heavy atom. The van der Waals surface area contributed by atoms with E-state index in [9.17, 15) is 5.11 Å². The molecule has 0 aliphatic carbocycles. The van der Waals surface area contributed by atoms with Crippen molar-refractivity contribution in [3.63, 3.8) is 0 Å². The van der Waals surface area contributed by atoms with Crippen LogP contribution in [0.15, 0.2) is 59.0 Å². The highest BCUT2D eigenvalue weighted by atomic mass is 16.5. The second-order valence-electron chi connectivity index (χ2n) is 7.79. The average Bonchev–Trinajstić information content (AvgIpc) is 3.42. The van der Waals surface area contributed by atoms with Gasteiger partial charge in [-0.1, -0.05) is 30.3 Å². The summed E-state index contributed by atoms with van der Waals surface area (Å²) in [5, 5.41) is 10.6. The van der Waals surface area contributed by atoms with Crippen LogP contribution in [0.3, 0.4) is 0 Å². The zero-order valence-electron chi connectivity index (χ0n) is 17.7. The van der Waals surface area contributed by atoms with Crippen molar-refractivity contribution in [3.8, 4) is 11.5 Å². The third-order valence-corrected chi connectivity index (χ3v) is 6.09. The third kappa shape index (κ3) is 3.38. The SMILES string of the molecule is COc1cccc([C@H]2c3[nH]c4ccccc4c3CCN2Cc2ccc(CO)o2)c1OC. The Balaban J connectivity index is 1.65. The molecular weight excluding hydrogens is 392 g/mol. The zero-order valence-corrected chi connectivity index (χ0v) is 17.7. The molecule has 6 heteroatoms. The lowest BCUT2D eigenvalue weighted by Crippen LogP contribution is -2.35. The van der Waals surface area contributed by atoms with Crippen molar-refractivity contribution in [3.05, 3.63) is 82.9 Å². The van der Waals surface area contributed by atoms with E-state index < -0.39 is 0 Å². The number of hydrogen-bond donors (Lipinski definition) is 2. The van der Waals surface area contributed by atoms with E-state index in [1.165, 1.54) is 16.6 Å². The predicted octanol–water partition coefficient (Wildman–Crippen LogP) is 4.42. The number of rotatable bonds is 6. The zero-order chi connectivity index (χ0) is 21.4. The van der Waals surface area contributed by atoms with Crippen LogP contribution in [-0.2, 0) is 19.6 Å². The first-order valence-electron chi connectivity index (χ1n) is 10.5. The smallest absolute Gasteiger partial charge is 0.165 e. The minimum atomic E-state index is -0.0979. The van der Waals surface area contributed by atoms with E-state index in [-0.39, 0.29) is 12.6 Å².